The van der Waals surface area contributed by atoms with Gasteiger partial charge in [0.25, 0.3) is 11.8 Å². The number of hydrogen-bond donors (Lipinski definition) is 3. The van der Waals surface area contributed by atoms with Gasteiger partial charge in [-0.05, 0) is 74.8 Å². The molecule has 5 rings (SSSR count). The van der Waals surface area contributed by atoms with E-state index >= 15 is 4.39 Å². The van der Waals surface area contributed by atoms with Crippen LogP contribution in [0.3, 0.4) is 0 Å². The second-order valence-corrected chi connectivity index (χ2v) is 15.6. The SMILES string of the molecule is CCn1nccc1C(=O)N[C@H](C(=O)Nc1ccc([C@H](C)[C@@H](NC(=O)C2(F)CC2)C(=O)N2CCN(C)CC2)cc1F)C1(C[Si]C)CCC(C)CC1. The third-order valence-electron chi connectivity index (χ3n) is 10.9. The molecule has 272 valence electrons. The number of hydrogen-bond acceptors (Lipinski definition) is 6. The molecule has 3 aliphatic rings. The number of amides is 4. The van der Waals surface area contributed by atoms with Crippen LogP contribution in [0.1, 0.15) is 81.3 Å². The molecule has 2 radical (unpaired) electrons. The Morgan fingerprint density at radius 3 is 2.32 bits per heavy atom. The molecule has 1 saturated heterocycles. The van der Waals surface area contributed by atoms with Crippen molar-refractivity contribution in [3.8, 4) is 0 Å². The molecule has 50 heavy (non-hydrogen) atoms. The average Bonchev–Trinajstić information content (AvgIpc) is 3.67. The molecule has 0 unspecified atom stereocenters. The Morgan fingerprint density at radius 1 is 1.04 bits per heavy atom. The van der Waals surface area contributed by atoms with Gasteiger partial charge in [0.15, 0.2) is 5.67 Å². The van der Waals surface area contributed by atoms with E-state index in [1.165, 1.54) is 12.1 Å². The van der Waals surface area contributed by atoms with Gasteiger partial charge in [-0.3, -0.25) is 23.9 Å². The normalized spacial score (nSPS) is 23.7. The van der Waals surface area contributed by atoms with E-state index in [9.17, 15) is 23.6 Å². The third kappa shape index (κ3) is 8.28. The van der Waals surface area contributed by atoms with Crippen molar-refractivity contribution in [1.29, 1.82) is 0 Å². The Morgan fingerprint density at radius 2 is 1.72 bits per heavy atom. The van der Waals surface area contributed by atoms with E-state index in [1.807, 2.05) is 14.0 Å². The van der Waals surface area contributed by atoms with Crippen LogP contribution >= 0.6 is 0 Å². The van der Waals surface area contributed by atoms with Crippen LogP contribution in [-0.4, -0.2) is 104 Å². The second-order valence-electron chi connectivity index (χ2n) is 14.6. The molecule has 2 heterocycles. The molecule has 14 heteroatoms. The highest BCUT2D eigenvalue weighted by molar-refractivity contribution is 6.33. The highest BCUT2D eigenvalue weighted by atomic mass is 28.2. The number of nitrogens with one attached hydrogen (secondary N) is 3. The quantitative estimate of drug-likeness (QED) is 0.270. The number of nitrogens with zero attached hydrogens (tertiary/aromatic N) is 4. The van der Waals surface area contributed by atoms with Gasteiger partial charge in [-0.1, -0.05) is 45.3 Å². The molecular formula is C36H51F2N7O4Si. The first-order valence-corrected chi connectivity index (χ1v) is 19.6. The number of likely N-dealkylation sites (N-methyl/N-ethyl adjacent to an activating group) is 1. The lowest BCUT2D eigenvalue weighted by Crippen LogP contribution is -2.56. The molecule has 0 bridgehead atoms. The topological polar surface area (TPSA) is 129 Å². The molecular weight excluding hydrogens is 661 g/mol. The summed E-state index contributed by atoms with van der Waals surface area (Å²) in [5.74, 6) is -2.98. The van der Waals surface area contributed by atoms with Gasteiger partial charge in [0.05, 0.1) is 5.69 Å². The Labute approximate surface area is 296 Å². The van der Waals surface area contributed by atoms with E-state index in [-0.39, 0.29) is 24.4 Å². The number of halogens is 2. The Kier molecular flexibility index (Phi) is 11.8. The monoisotopic (exact) mass is 711 g/mol. The van der Waals surface area contributed by atoms with Crippen molar-refractivity contribution >= 4 is 38.8 Å². The van der Waals surface area contributed by atoms with Crippen molar-refractivity contribution < 1.29 is 28.0 Å². The van der Waals surface area contributed by atoms with Gasteiger partial charge in [0.2, 0.25) is 11.8 Å². The smallest absolute Gasteiger partial charge is 0.270 e. The zero-order valence-corrected chi connectivity index (χ0v) is 30.9. The summed E-state index contributed by atoms with van der Waals surface area (Å²) in [5, 5.41) is 12.6. The molecule has 3 atom stereocenters. The van der Waals surface area contributed by atoms with Crippen molar-refractivity contribution in [2.45, 2.75) is 102 Å². The Bertz CT molecular complexity index is 1550. The van der Waals surface area contributed by atoms with Crippen LogP contribution in [0, 0.1) is 17.2 Å². The number of benzene rings is 1. The van der Waals surface area contributed by atoms with Crippen molar-refractivity contribution in [3.05, 3.63) is 47.5 Å². The number of carbonyl (C=O) groups excluding carboxylic acids is 4. The fraction of sp³-hybridized carbons (Fsp3) is 0.639. The van der Waals surface area contributed by atoms with Gasteiger partial charge in [0, 0.05) is 54.4 Å². The number of anilines is 1. The lowest BCUT2D eigenvalue weighted by Gasteiger charge is -2.44. The summed E-state index contributed by atoms with van der Waals surface area (Å²) in [6.07, 6.45) is 5.12. The first kappa shape index (κ1) is 37.6. The number of carbonyl (C=O) groups is 4. The maximum atomic E-state index is 15.9. The van der Waals surface area contributed by atoms with Gasteiger partial charge >= 0.3 is 0 Å². The minimum atomic E-state index is -1.98. The molecule has 2 aliphatic carbocycles. The molecule has 3 N–H and O–H groups in total. The molecule has 4 amide bonds. The first-order valence-electron chi connectivity index (χ1n) is 17.9. The van der Waals surface area contributed by atoms with Gasteiger partial charge in [-0.2, -0.15) is 5.10 Å². The van der Waals surface area contributed by atoms with E-state index in [2.05, 4.69) is 39.4 Å². The summed E-state index contributed by atoms with van der Waals surface area (Å²) in [4.78, 5) is 58.0. The highest BCUT2D eigenvalue weighted by Gasteiger charge is 2.52. The highest BCUT2D eigenvalue weighted by Crippen LogP contribution is 2.45. The molecule has 1 aliphatic heterocycles. The predicted octanol–water partition coefficient (Wildman–Crippen LogP) is 4.01. The number of aromatic nitrogens is 2. The lowest BCUT2D eigenvalue weighted by molar-refractivity contribution is -0.140. The number of piperazine rings is 1. The van der Waals surface area contributed by atoms with Crippen LogP contribution < -0.4 is 16.0 Å². The minimum absolute atomic E-state index is 0.0613. The Balaban J connectivity index is 1.38. The van der Waals surface area contributed by atoms with E-state index < -0.39 is 52.6 Å². The van der Waals surface area contributed by atoms with Crippen molar-refractivity contribution in [2.24, 2.45) is 11.3 Å². The van der Waals surface area contributed by atoms with Gasteiger partial charge < -0.3 is 25.8 Å². The van der Waals surface area contributed by atoms with Gasteiger partial charge in [-0.15, -0.1) is 0 Å². The lowest BCUT2D eigenvalue weighted by atomic mass is 9.67. The van der Waals surface area contributed by atoms with Gasteiger partial charge in [-0.25, -0.2) is 8.78 Å². The molecule has 1 aromatic carbocycles. The van der Waals surface area contributed by atoms with Crippen molar-refractivity contribution in [3.63, 3.8) is 0 Å². The largest absolute Gasteiger partial charge is 0.341 e. The van der Waals surface area contributed by atoms with Crippen LogP contribution in [0.4, 0.5) is 14.5 Å². The van der Waals surface area contributed by atoms with E-state index in [4.69, 9.17) is 0 Å². The van der Waals surface area contributed by atoms with E-state index in [0.29, 0.717) is 59.4 Å². The summed E-state index contributed by atoms with van der Waals surface area (Å²) in [6.45, 7) is 10.6. The molecule has 2 aromatic rings. The average molecular weight is 712 g/mol. The minimum Gasteiger partial charge on any atom is -0.341 e. The molecule has 3 fully saturated rings. The third-order valence-corrected chi connectivity index (χ3v) is 12.0. The van der Waals surface area contributed by atoms with E-state index in [1.54, 1.807) is 34.8 Å². The maximum absolute atomic E-state index is 15.9. The number of aryl methyl sites for hydroxylation is 1. The number of alkyl halides is 1. The first-order chi connectivity index (χ1) is 23.8. The van der Waals surface area contributed by atoms with Crippen LogP contribution in [0.2, 0.25) is 12.6 Å². The Hall–Kier alpha value is -3.65. The zero-order chi connectivity index (χ0) is 36.2. The van der Waals surface area contributed by atoms with Crippen LogP contribution in [0.5, 0.6) is 0 Å². The van der Waals surface area contributed by atoms with Crippen molar-refractivity contribution in [1.82, 2.24) is 30.2 Å². The van der Waals surface area contributed by atoms with Crippen molar-refractivity contribution in [2.75, 3.05) is 38.5 Å². The fourth-order valence-corrected chi connectivity index (χ4v) is 8.54. The molecule has 0 spiro atoms. The maximum Gasteiger partial charge on any atom is 0.270 e. The van der Waals surface area contributed by atoms with E-state index in [0.717, 1.165) is 31.7 Å². The predicted molar refractivity (Wildman–Crippen MR) is 188 cm³/mol. The molecule has 1 aromatic heterocycles. The summed E-state index contributed by atoms with van der Waals surface area (Å²) < 4.78 is 32.2. The summed E-state index contributed by atoms with van der Waals surface area (Å²) >= 11 is 0. The fourth-order valence-electron chi connectivity index (χ4n) is 7.28. The standard InChI is InChI=1S/C36H51F2N7O4Si/c1-6-45-28(11-16-39-45)31(46)42-30(35(22-50-5)12-9-23(2)10-13-35)32(47)40-27-8-7-25(21-26(27)37)24(3)29(41-34(49)36(38)14-15-36)33(48)44-19-17-43(4)18-20-44/h7-8,11,16,21,23-24,29-30H,6,9-10,12-15,17-20,22H2,1-5H3,(H,40,47)(H,41,49)(H,42,46)/t23?,24-,29+,30+,35?/m0/s1. The molecule has 2 saturated carbocycles. The van der Waals surface area contributed by atoms with Crippen LogP contribution in [0.15, 0.2) is 30.5 Å². The van der Waals surface area contributed by atoms with Crippen LogP contribution in [-0.2, 0) is 20.9 Å². The second kappa shape index (κ2) is 15.7. The summed E-state index contributed by atoms with van der Waals surface area (Å²) in [6, 6.07) is 4.66. The van der Waals surface area contributed by atoms with Crippen LogP contribution in [0.25, 0.3) is 0 Å². The summed E-state index contributed by atoms with van der Waals surface area (Å²) in [7, 11) is 2.51. The van der Waals surface area contributed by atoms with Gasteiger partial charge in [0.1, 0.15) is 23.6 Å². The number of rotatable bonds is 13. The zero-order valence-electron chi connectivity index (χ0n) is 29.9. The summed E-state index contributed by atoms with van der Waals surface area (Å²) in [5.41, 5.74) is -1.77. The molecule has 11 nitrogen and oxygen atoms in total.